The molecule has 0 saturated carbocycles. The molecule has 0 aromatic carbocycles. The molecule has 0 spiro atoms. The van der Waals surface area contributed by atoms with Crippen LogP contribution in [0.1, 0.15) is 4.88 Å². The smallest absolute Gasteiger partial charge is 0.253 e. The second kappa shape index (κ2) is 5.23. The molecule has 0 aliphatic heterocycles. The first-order chi connectivity index (χ1) is 8.50. The molecule has 0 fully saturated rings. The number of nitrogens with zero attached hydrogens (tertiary/aromatic N) is 1. The van der Waals surface area contributed by atoms with Gasteiger partial charge >= 0.3 is 0 Å². The lowest BCUT2D eigenvalue weighted by atomic mass is 10.3. The first-order valence-electron chi connectivity index (χ1n) is 4.66. The predicted octanol–water partition coefficient (Wildman–Crippen LogP) is 4.07. The third-order valence-electron chi connectivity index (χ3n) is 2.11. The van der Waals surface area contributed by atoms with Gasteiger partial charge in [-0.1, -0.05) is 0 Å². The van der Waals surface area contributed by atoms with Gasteiger partial charge in [-0.2, -0.15) is 22.5 Å². The van der Waals surface area contributed by atoms with E-state index >= 15 is 0 Å². The zero-order valence-electron chi connectivity index (χ0n) is 8.61. The molecule has 0 saturated heterocycles. The van der Waals surface area contributed by atoms with Gasteiger partial charge in [0.1, 0.15) is 5.69 Å². The number of pyridine rings is 1. The highest BCUT2D eigenvalue weighted by molar-refractivity contribution is 9.10. The Morgan fingerprint density at radius 1 is 1.17 bits per heavy atom. The highest BCUT2D eigenvalue weighted by atomic mass is 79.9. The quantitative estimate of drug-likeness (QED) is 0.672. The van der Waals surface area contributed by atoms with Crippen LogP contribution in [0.15, 0.2) is 15.9 Å². The van der Waals surface area contributed by atoms with Crippen molar-refractivity contribution in [1.82, 2.24) is 4.98 Å². The molecule has 0 aliphatic carbocycles. The number of hydrogen-bond acceptors (Lipinski definition) is 3. The zero-order valence-corrected chi connectivity index (χ0v) is 11.0. The van der Waals surface area contributed by atoms with E-state index in [1.807, 2.05) is 0 Å². The van der Waals surface area contributed by atoms with Crippen molar-refractivity contribution in [3.05, 3.63) is 44.3 Å². The molecule has 2 aromatic heterocycles. The highest BCUT2D eigenvalue weighted by Gasteiger charge is 2.20. The number of halogens is 5. The number of rotatable bonds is 3. The van der Waals surface area contributed by atoms with Crippen LogP contribution in [0.3, 0.4) is 0 Å². The Labute approximate surface area is 112 Å². The summed E-state index contributed by atoms with van der Waals surface area (Å²) >= 11 is 4.56. The molecule has 1 N–H and O–H groups in total. The van der Waals surface area contributed by atoms with Gasteiger partial charge in [0, 0.05) is 9.35 Å². The largest absolute Gasteiger partial charge is 0.375 e. The van der Waals surface area contributed by atoms with Crippen molar-refractivity contribution in [1.29, 1.82) is 0 Å². The van der Waals surface area contributed by atoms with Crippen LogP contribution < -0.4 is 5.32 Å². The van der Waals surface area contributed by atoms with Gasteiger partial charge in [-0.25, -0.2) is 0 Å². The van der Waals surface area contributed by atoms with Crippen molar-refractivity contribution in [2.24, 2.45) is 0 Å². The minimum atomic E-state index is -1.68. The first-order valence-corrected chi connectivity index (χ1v) is 6.33. The molecule has 8 heteroatoms. The standard InChI is InChI=1S/C10H5BrF4N2S/c11-4-1-2-18-5(4)3-16-8-6(12)9(14)17-10(15)7(8)13/h1-2H,3H2,(H,16,17). The molecule has 96 valence electrons. The topological polar surface area (TPSA) is 24.9 Å². The molecule has 0 atom stereocenters. The van der Waals surface area contributed by atoms with Crippen molar-refractivity contribution in [2.45, 2.75) is 6.54 Å². The van der Waals surface area contributed by atoms with Crippen LogP contribution in [0.5, 0.6) is 0 Å². The maximum Gasteiger partial charge on any atom is 0.253 e. The van der Waals surface area contributed by atoms with E-state index in [2.05, 4.69) is 26.2 Å². The van der Waals surface area contributed by atoms with Crippen molar-refractivity contribution >= 4 is 33.0 Å². The van der Waals surface area contributed by atoms with Gasteiger partial charge in [-0.15, -0.1) is 11.3 Å². The lowest BCUT2D eigenvalue weighted by Gasteiger charge is -2.08. The molecule has 18 heavy (non-hydrogen) atoms. The maximum atomic E-state index is 13.3. The van der Waals surface area contributed by atoms with Crippen molar-refractivity contribution in [3.8, 4) is 0 Å². The number of anilines is 1. The monoisotopic (exact) mass is 340 g/mol. The minimum Gasteiger partial charge on any atom is -0.375 e. The molecular formula is C10H5BrF4N2S. The molecule has 0 aliphatic rings. The Kier molecular flexibility index (Phi) is 3.86. The summed E-state index contributed by atoms with van der Waals surface area (Å²) in [6.07, 6.45) is 0. The highest BCUT2D eigenvalue weighted by Crippen LogP contribution is 2.26. The van der Waals surface area contributed by atoms with Gasteiger partial charge in [-0.3, -0.25) is 0 Å². The van der Waals surface area contributed by atoms with Crippen LogP contribution in [-0.2, 0) is 6.54 Å². The summed E-state index contributed by atoms with van der Waals surface area (Å²) in [4.78, 5) is 3.21. The second-order valence-corrected chi connectivity index (χ2v) is 5.10. The van der Waals surface area contributed by atoms with E-state index < -0.39 is 29.2 Å². The van der Waals surface area contributed by atoms with Gasteiger partial charge < -0.3 is 5.32 Å². The molecule has 2 rings (SSSR count). The predicted molar refractivity (Wildman–Crippen MR) is 63.4 cm³/mol. The molecule has 2 aromatic rings. The van der Waals surface area contributed by atoms with Crippen molar-refractivity contribution < 1.29 is 17.6 Å². The van der Waals surface area contributed by atoms with E-state index in [1.165, 1.54) is 11.3 Å². The second-order valence-electron chi connectivity index (χ2n) is 3.24. The molecule has 2 heterocycles. The minimum absolute atomic E-state index is 0.0367. The molecular weight excluding hydrogens is 336 g/mol. The number of hydrogen-bond donors (Lipinski definition) is 1. The van der Waals surface area contributed by atoms with Gasteiger partial charge in [-0.05, 0) is 27.4 Å². The van der Waals surface area contributed by atoms with Crippen LogP contribution in [0.2, 0.25) is 0 Å². The summed E-state index contributed by atoms with van der Waals surface area (Å²) in [5.41, 5.74) is -0.861. The zero-order chi connectivity index (χ0) is 13.3. The van der Waals surface area contributed by atoms with E-state index in [1.54, 1.807) is 11.4 Å². The van der Waals surface area contributed by atoms with Gasteiger partial charge in [0.2, 0.25) is 11.6 Å². The van der Waals surface area contributed by atoms with E-state index in [9.17, 15) is 17.6 Å². The summed E-state index contributed by atoms with van der Waals surface area (Å²) in [7, 11) is 0. The SMILES string of the molecule is Fc1nc(F)c(F)c(NCc2sccc2Br)c1F. The Morgan fingerprint density at radius 2 is 1.78 bits per heavy atom. The summed E-state index contributed by atoms with van der Waals surface area (Å²) in [6, 6.07) is 1.75. The Hall–Kier alpha value is -1.15. The molecule has 0 unspecified atom stereocenters. The van der Waals surface area contributed by atoms with Crippen molar-refractivity contribution in [3.63, 3.8) is 0 Å². The summed E-state index contributed by atoms with van der Waals surface area (Å²) in [6.45, 7) is 0.0367. The third kappa shape index (κ3) is 2.49. The van der Waals surface area contributed by atoms with Crippen LogP contribution >= 0.6 is 27.3 Å². The molecule has 2 nitrogen and oxygen atoms in total. The Morgan fingerprint density at radius 3 is 2.28 bits per heavy atom. The van der Waals surface area contributed by atoms with Gasteiger partial charge in [0.05, 0.1) is 6.54 Å². The van der Waals surface area contributed by atoms with Crippen LogP contribution in [0.25, 0.3) is 0 Å². The third-order valence-corrected chi connectivity index (χ3v) is 4.04. The fourth-order valence-corrected chi connectivity index (χ4v) is 2.69. The summed E-state index contributed by atoms with van der Waals surface area (Å²) in [5, 5.41) is 4.08. The lowest BCUT2D eigenvalue weighted by molar-refractivity contribution is 0.410. The van der Waals surface area contributed by atoms with Gasteiger partial charge in [0.25, 0.3) is 11.9 Å². The Bertz CT molecular complexity index is 561. The number of nitrogens with one attached hydrogen (secondary N) is 1. The normalized spacial score (nSPS) is 10.7. The van der Waals surface area contributed by atoms with Gasteiger partial charge in [0.15, 0.2) is 0 Å². The molecule has 0 radical (unpaired) electrons. The van der Waals surface area contributed by atoms with Crippen LogP contribution in [0.4, 0.5) is 23.2 Å². The Balaban J connectivity index is 2.27. The van der Waals surface area contributed by atoms with E-state index in [0.717, 1.165) is 9.35 Å². The fourth-order valence-electron chi connectivity index (χ4n) is 1.26. The maximum absolute atomic E-state index is 13.3. The van der Waals surface area contributed by atoms with E-state index in [-0.39, 0.29) is 6.54 Å². The lowest BCUT2D eigenvalue weighted by Crippen LogP contribution is -2.08. The number of thiophene rings is 1. The average Bonchev–Trinajstić information content (AvgIpc) is 2.73. The molecule has 0 bridgehead atoms. The van der Waals surface area contributed by atoms with Crippen LogP contribution in [-0.4, -0.2) is 4.98 Å². The summed E-state index contributed by atoms with van der Waals surface area (Å²) < 4.78 is 52.9. The van der Waals surface area contributed by atoms with Crippen LogP contribution in [0, 0.1) is 23.5 Å². The molecule has 0 amide bonds. The van der Waals surface area contributed by atoms with E-state index in [4.69, 9.17) is 0 Å². The number of aromatic nitrogens is 1. The fraction of sp³-hybridized carbons (Fsp3) is 0.100. The first kappa shape index (κ1) is 13.3. The van der Waals surface area contributed by atoms with E-state index in [0.29, 0.717) is 0 Å². The van der Waals surface area contributed by atoms with Crippen molar-refractivity contribution in [2.75, 3.05) is 5.32 Å². The average molecular weight is 341 g/mol. The summed E-state index contributed by atoms with van der Waals surface area (Å²) in [5.74, 6) is -6.44.